The quantitative estimate of drug-likeness (QED) is 0.706. The largest absolute Gasteiger partial charge is 0.422 e. The fourth-order valence-electron chi connectivity index (χ4n) is 0.960. The summed E-state index contributed by atoms with van der Waals surface area (Å²) < 4.78 is 5.07. The Bertz CT molecular complexity index is 411. The van der Waals surface area contributed by atoms with Crippen LogP contribution in [-0.4, -0.2) is 11.0 Å². The maximum Gasteiger partial charge on any atom is 0.345 e. The lowest BCUT2D eigenvalue weighted by Gasteiger charge is -1.99. The average molecular weight is 205 g/mol. The standard InChI is InChI=1S/C10H7NO2S/c12-10(8-2-1-4-11-6-8)13-9-3-5-14-7-9/h1-7H. The Hall–Kier alpha value is -1.68. The summed E-state index contributed by atoms with van der Waals surface area (Å²) in [4.78, 5) is 15.3. The second kappa shape index (κ2) is 4.02. The molecule has 0 radical (unpaired) electrons. The zero-order valence-corrected chi connectivity index (χ0v) is 8.03. The van der Waals surface area contributed by atoms with Crippen LogP contribution in [0.25, 0.3) is 0 Å². The van der Waals surface area contributed by atoms with Gasteiger partial charge in [-0.1, -0.05) is 0 Å². The maximum atomic E-state index is 11.5. The number of nitrogens with zero attached hydrogens (tertiary/aromatic N) is 1. The molecule has 4 heteroatoms. The highest BCUT2D eigenvalue weighted by Crippen LogP contribution is 2.16. The van der Waals surface area contributed by atoms with Gasteiger partial charge in [-0.05, 0) is 23.6 Å². The Morgan fingerprint density at radius 2 is 2.36 bits per heavy atom. The first-order chi connectivity index (χ1) is 6.86. The Morgan fingerprint density at radius 1 is 1.43 bits per heavy atom. The van der Waals surface area contributed by atoms with Crippen LogP contribution in [0.4, 0.5) is 0 Å². The van der Waals surface area contributed by atoms with Crippen LogP contribution in [0.3, 0.4) is 0 Å². The molecule has 14 heavy (non-hydrogen) atoms. The highest BCUT2D eigenvalue weighted by Gasteiger charge is 2.07. The van der Waals surface area contributed by atoms with Crippen molar-refractivity contribution in [3.8, 4) is 5.75 Å². The molecule has 0 unspecified atom stereocenters. The SMILES string of the molecule is O=C(Oc1ccsc1)c1cccnc1. The van der Waals surface area contributed by atoms with E-state index in [1.807, 2.05) is 5.38 Å². The van der Waals surface area contributed by atoms with E-state index in [-0.39, 0.29) is 5.97 Å². The monoisotopic (exact) mass is 205 g/mol. The van der Waals surface area contributed by atoms with Crippen molar-refractivity contribution in [2.75, 3.05) is 0 Å². The third kappa shape index (κ3) is 1.97. The average Bonchev–Trinajstić information content (AvgIpc) is 2.72. The van der Waals surface area contributed by atoms with Crippen molar-refractivity contribution in [3.05, 3.63) is 46.9 Å². The van der Waals surface area contributed by atoms with Crippen LogP contribution >= 0.6 is 11.3 Å². The topological polar surface area (TPSA) is 39.2 Å². The number of hydrogen-bond donors (Lipinski definition) is 0. The Kier molecular flexibility index (Phi) is 2.55. The van der Waals surface area contributed by atoms with Crippen LogP contribution in [0, 0.1) is 0 Å². The lowest BCUT2D eigenvalue weighted by Crippen LogP contribution is -2.07. The molecule has 70 valence electrons. The van der Waals surface area contributed by atoms with E-state index in [4.69, 9.17) is 4.74 Å². The van der Waals surface area contributed by atoms with Gasteiger partial charge in [-0.3, -0.25) is 4.98 Å². The molecule has 0 atom stereocenters. The van der Waals surface area contributed by atoms with Crippen LogP contribution in [0.2, 0.25) is 0 Å². The van der Waals surface area contributed by atoms with Crippen molar-refractivity contribution in [1.82, 2.24) is 4.98 Å². The molecule has 0 bridgehead atoms. The number of carbonyl (C=O) groups is 1. The minimum absolute atomic E-state index is 0.378. The van der Waals surface area contributed by atoms with Crippen LogP contribution in [0.15, 0.2) is 41.4 Å². The summed E-state index contributed by atoms with van der Waals surface area (Å²) in [5.41, 5.74) is 0.457. The number of rotatable bonds is 2. The molecule has 2 rings (SSSR count). The lowest BCUT2D eigenvalue weighted by molar-refractivity contribution is 0.0735. The Morgan fingerprint density at radius 3 is 3.00 bits per heavy atom. The van der Waals surface area contributed by atoms with E-state index >= 15 is 0 Å². The van der Waals surface area contributed by atoms with Crippen molar-refractivity contribution < 1.29 is 9.53 Å². The van der Waals surface area contributed by atoms with Gasteiger partial charge in [0.15, 0.2) is 0 Å². The Labute approximate surface area is 85.0 Å². The zero-order chi connectivity index (χ0) is 9.80. The van der Waals surface area contributed by atoms with Gasteiger partial charge in [-0.25, -0.2) is 4.79 Å². The molecule has 0 saturated heterocycles. The van der Waals surface area contributed by atoms with Gasteiger partial charge < -0.3 is 4.74 Å². The van der Waals surface area contributed by atoms with Gasteiger partial charge in [0.2, 0.25) is 0 Å². The molecule has 0 aliphatic rings. The highest BCUT2D eigenvalue weighted by atomic mass is 32.1. The zero-order valence-electron chi connectivity index (χ0n) is 7.21. The molecule has 0 spiro atoms. The van der Waals surface area contributed by atoms with Crippen molar-refractivity contribution in [1.29, 1.82) is 0 Å². The van der Waals surface area contributed by atoms with E-state index in [1.54, 1.807) is 29.8 Å². The number of esters is 1. The fraction of sp³-hybridized carbons (Fsp3) is 0. The summed E-state index contributed by atoms with van der Waals surface area (Å²) in [5, 5.41) is 3.63. The summed E-state index contributed by atoms with van der Waals surface area (Å²) in [6.45, 7) is 0. The number of thiophene rings is 1. The first kappa shape index (κ1) is 8.90. The molecule has 2 aromatic heterocycles. The number of ether oxygens (including phenoxy) is 1. The lowest BCUT2D eigenvalue weighted by atomic mass is 10.3. The van der Waals surface area contributed by atoms with Crippen LogP contribution in [0.5, 0.6) is 5.75 Å². The maximum absolute atomic E-state index is 11.5. The summed E-state index contributed by atoms with van der Waals surface area (Å²) >= 11 is 1.48. The molecule has 0 amide bonds. The molecule has 2 aromatic rings. The smallest absolute Gasteiger partial charge is 0.345 e. The van der Waals surface area contributed by atoms with E-state index < -0.39 is 0 Å². The van der Waals surface area contributed by atoms with Crippen molar-refractivity contribution in [2.45, 2.75) is 0 Å². The molecular formula is C10H7NO2S. The first-order valence-electron chi connectivity index (χ1n) is 4.00. The van der Waals surface area contributed by atoms with Crippen LogP contribution in [0.1, 0.15) is 10.4 Å². The van der Waals surface area contributed by atoms with Gasteiger partial charge in [0.25, 0.3) is 0 Å². The molecule has 0 N–H and O–H groups in total. The molecule has 0 aliphatic heterocycles. The number of hydrogen-bond acceptors (Lipinski definition) is 4. The molecule has 0 fully saturated rings. The summed E-state index contributed by atoms with van der Waals surface area (Å²) in [5.74, 6) is 0.195. The van der Waals surface area contributed by atoms with Crippen molar-refractivity contribution >= 4 is 17.3 Å². The van der Waals surface area contributed by atoms with Gasteiger partial charge in [0.1, 0.15) is 5.75 Å². The van der Waals surface area contributed by atoms with E-state index in [0.29, 0.717) is 11.3 Å². The number of carbonyl (C=O) groups excluding carboxylic acids is 1. The Balaban J connectivity index is 2.11. The normalized spacial score (nSPS) is 9.71. The van der Waals surface area contributed by atoms with E-state index in [9.17, 15) is 4.79 Å². The first-order valence-corrected chi connectivity index (χ1v) is 4.95. The van der Waals surface area contributed by atoms with Crippen LogP contribution in [-0.2, 0) is 0 Å². The second-order valence-electron chi connectivity index (χ2n) is 2.59. The summed E-state index contributed by atoms with van der Waals surface area (Å²) in [6, 6.07) is 5.12. The fourth-order valence-corrected chi connectivity index (χ4v) is 1.51. The highest BCUT2D eigenvalue weighted by molar-refractivity contribution is 7.08. The third-order valence-electron chi connectivity index (χ3n) is 1.60. The van der Waals surface area contributed by atoms with Crippen molar-refractivity contribution in [3.63, 3.8) is 0 Å². The van der Waals surface area contributed by atoms with E-state index in [2.05, 4.69) is 4.98 Å². The third-order valence-corrected chi connectivity index (χ3v) is 2.26. The molecule has 0 aromatic carbocycles. The number of pyridine rings is 1. The molecule has 2 heterocycles. The number of aromatic nitrogens is 1. The minimum Gasteiger partial charge on any atom is -0.422 e. The van der Waals surface area contributed by atoms with Crippen LogP contribution < -0.4 is 4.74 Å². The second-order valence-corrected chi connectivity index (χ2v) is 3.37. The molecule has 3 nitrogen and oxygen atoms in total. The minimum atomic E-state index is -0.378. The van der Waals surface area contributed by atoms with Gasteiger partial charge in [0.05, 0.1) is 5.56 Å². The molecular weight excluding hydrogens is 198 g/mol. The summed E-state index contributed by atoms with van der Waals surface area (Å²) in [6.07, 6.45) is 3.09. The van der Waals surface area contributed by atoms with Crippen molar-refractivity contribution in [2.24, 2.45) is 0 Å². The summed E-state index contributed by atoms with van der Waals surface area (Å²) in [7, 11) is 0. The predicted molar refractivity (Wildman–Crippen MR) is 53.5 cm³/mol. The van der Waals surface area contributed by atoms with Gasteiger partial charge >= 0.3 is 5.97 Å². The van der Waals surface area contributed by atoms with Gasteiger partial charge in [0, 0.05) is 17.8 Å². The predicted octanol–water partition coefficient (Wildman–Crippen LogP) is 2.36. The molecule has 0 aliphatic carbocycles. The van der Waals surface area contributed by atoms with Gasteiger partial charge in [-0.15, -0.1) is 11.3 Å². The van der Waals surface area contributed by atoms with E-state index in [0.717, 1.165) is 0 Å². The van der Waals surface area contributed by atoms with Gasteiger partial charge in [-0.2, -0.15) is 0 Å². The van der Waals surface area contributed by atoms with E-state index in [1.165, 1.54) is 17.5 Å². The molecule has 0 saturated carbocycles.